The number of piperidine rings is 1. The SMILES string of the molecule is CC(C)c1cnn2c(Nc3ccc(N4CCN(C)CC4)cc3)cc(NC[C@H]3CCNC[C@@H]3O)nc12.Cl. The number of nitrogens with zero attached hydrogens (tertiary/aromatic N) is 5. The molecular formula is C26H39ClN8O. The number of anilines is 4. The van der Waals surface area contributed by atoms with Gasteiger partial charge in [0.15, 0.2) is 5.65 Å². The lowest BCUT2D eigenvalue weighted by Crippen LogP contribution is -2.44. The Morgan fingerprint density at radius 3 is 2.58 bits per heavy atom. The van der Waals surface area contributed by atoms with Gasteiger partial charge in [0.05, 0.1) is 12.3 Å². The molecule has 0 aliphatic carbocycles. The van der Waals surface area contributed by atoms with Crippen LogP contribution in [0.5, 0.6) is 0 Å². The van der Waals surface area contributed by atoms with Crippen LogP contribution in [-0.4, -0.2) is 83.6 Å². The average molecular weight is 515 g/mol. The predicted molar refractivity (Wildman–Crippen MR) is 149 cm³/mol. The van der Waals surface area contributed by atoms with Crippen LogP contribution < -0.4 is 20.9 Å². The van der Waals surface area contributed by atoms with Gasteiger partial charge in [0.25, 0.3) is 0 Å². The maximum Gasteiger partial charge on any atom is 0.163 e. The van der Waals surface area contributed by atoms with Gasteiger partial charge in [-0.25, -0.2) is 4.98 Å². The summed E-state index contributed by atoms with van der Waals surface area (Å²) in [6.07, 6.45) is 2.53. The zero-order valence-corrected chi connectivity index (χ0v) is 22.3. The van der Waals surface area contributed by atoms with Crippen molar-refractivity contribution >= 4 is 41.1 Å². The zero-order chi connectivity index (χ0) is 24.4. The second kappa shape index (κ2) is 11.6. The Hall–Kier alpha value is -2.59. The molecule has 0 radical (unpaired) electrons. The van der Waals surface area contributed by atoms with Gasteiger partial charge < -0.3 is 30.9 Å². The second-order valence-electron chi connectivity index (χ2n) is 10.2. The summed E-state index contributed by atoms with van der Waals surface area (Å²) in [4.78, 5) is 9.70. The molecule has 2 saturated heterocycles. The van der Waals surface area contributed by atoms with E-state index in [2.05, 4.69) is 76.0 Å². The fourth-order valence-corrected chi connectivity index (χ4v) is 4.91. The molecule has 9 nitrogen and oxygen atoms in total. The lowest BCUT2D eigenvalue weighted by molar-refractivity contribution is 0.0883. The highest BCUT2D eigenvalue weighted by Gasteiger charge is 2.23. The van der Waals surface area contributed by atoms with Crippen molar-refractivity contribution in [3.8, 4) is 0 Å². The second-order valence-corrected chi connectivity index (χ2v) is 10.2. The molecule has 2 fully saturated rings. The van der Waals surface area contributed by atoms with Crippen LogP contribution >= 0.6 is 12.4 Å². The van der Waals surface area contributed by atoms with Crippen molar-refractivity contribution in [2.24, 2.45) is 5.92 Å². The van der Waals surface area contributed by atoms with E-state index in [4.69, 9.17) is 4.98 Å². The minimum Gasteiger partial charge on any atom is -0.391 e. The van der Waals surface area contributed by atoms with E-state index in [1.165, 1.54) is 5.69 Å². The molecule has 1 aromatic carbocycles. The summed E-state index contributed by atoms with van der Waals surface area (Å²) in [5.41, 5.74) is 4.24. The van der Waals surface area contributed by atoms with Crippen molar-refractivity contribution in [1.82, 2.24) is 24.8 Å². The van der Waals surface area contributed by atoms with Crippen LogP contribution in [0.15, 0.2) is 36.5 Å². The van der Waals surface area contributed by atoms with Gasteiger partial charge in [-0.2, -0.15) is 9.61 Å². The first-order valence-electron chi connectivity index (χ1n) is 12.8. The topological polar surface area (TPSA) is 93.0 Å². The van der Waals surface area contributed by atoms with Gasteiger partial charge >= 0.3 is 0 Å². The summed E-state index contributed by atoms with van der Waals surface area (Å²) < 4.78 is 1.88. The third-order valence-electron chi connectivity index (χ3n) is 7.26. The summed E-state index contributed by atoms with van der Waals surface area (Å²) in [5, 5.41) is 25.3. The Kier molecular flexibility index (Phi) is 8.56. The number of fused-ring (bicyclic) bond motifs is 1. The number of rotatable bonds is 7. The zero-order valence-electron chi connectivity index (χ0n) is 21.4. The molecule has 36 heavy (non-hydrogen) atoms. The number of hydrogen-bond donors (Lipinski definition) is 4. The third kappa shape index (κ3) is 5.86. The average Bonchev–Trinajstić information content (AvgIpc) is 3.29. The quantitative estimate of drug-likeness (QED) is 0.382. The third-order valence-corrected chi connectivity index (χ3v) is 7.26. The highest BCUT2D eigenvalue weighted by atomic mass is 35.5. The number of benzene rings is 1. The van der Waals surface area contributed by atoms with Gasteiger partial charge in [-0.3, -0.25) is 0 Å². The minimum atomic E-state index is -0.336. The van der Waals surface area contributed by atoms with Gasteiger partial charge in [-0.15, -0.1) is 12.4 Å². The van der Waals surface area contributed by atoms with E-state index >= 15 is 0 Å². The monoisotopic (exact) mass is 514 g/mol. The Morgan fingerprint density at radius 1 is 1.14 bits per heavy atom. The summed E-state index contributed by atoms with van der Waals surface area (Å²) >= 11 is 0. The van der Waals surface area contributed by atoms with Crippen molar-refractivity contribution < 1.29 is 5.11 Å². The van der Waals surface area contributed by atoms with Crippen LogP contribution in [0.3, 0.4) is 0 Å². The predicted octanol–water partition coefficient (Wildman–Crippen LogP) is 3.15. The molecule has 10 heteroatoms. The van der Waals surface area contributed by atoms with E-state index in [1.54, 1.807) is 0 Å². The number of piperazine rings is 1. The van der Waals surface area contributed by atoms with Crippen LogP contribution in [0.4, 0.5) is 23.0 Å². The van der Waals surface area contributed by atoms with Gasteiger partial charge in [0.1, 0.15) is 11.6 Å². The lowest BCUT2D eigenvalue weighted by Gasteiger charge is -2.34. The van der Waals surface area contributed by atoms with Crippen LogP contribution in [0.1, 0.15) is 31.7 Å². The first kappa shape index (κ1) is 26.5. The number of aromatic nitrogens is 3. The number of nitrogens with one attached hydrogen (secondary N) is 3. The number of β-amino-alcohol motifs (C(OH)–C–C–N with tert-alkyl or cyclic N) is 1. The van der Waals surface area contributed by atoms with Crippen molar-refractivity contribution in [2.75, 3.05) is 68.4 Å². The molecule has 4 N–H and O–H groups in total. The normalized spacial score (nSPS) is 21.0. The van der Waals surface area contributed by atoms with Gasteiger partial charge in [-0.05, 0) is 50.2 Å². The molecule has 0 unspecified atom stereocenters. The van der Waals surface area contributed by atoms with E-state index in [9.17, 15) is 5.11 Å². The maximum absolute atomic E-state index is 10.3. The van der Waals surface area contributed by atoms with Gasteiger partial charge in [0.2, 0.25) is 0 Å². The fraction of sp³-hybridized carbons (Fsp3) is 0.538. The van der Waals surface area contributed by atoms with Crippen molar-refractivity contribution in [3.05, 3.63) is 42.1 Å². The molecule has 0 bridgehead atoms. The molecule has 4 heterocycles. The number of halogens is 1. The standard InChI is InChI=1S/C26H38N8O.ClH/c1-18(2)22-16-29-34-25(14-24(31-26(22)34)28-15-19-8-9-27-17-23(19)35)30-20-4-6-21(7-5-20)33-12-10-32(3)11-13-33;/h4-7,14,16,18-19,23,27,30,35H,8-13,15,17H2,1-3H3,(H,28,31);1H/t19-,23+;/m1./s1. The van der Waals surface area contributed by atoms with E-state index in [0.29, 0.717) is 19.0 Å². The number of likely N-dealkylation sites (N-methyl/N-ethyl adjacent to an activating group) is 1. The van der Waals surface area contributed by atoms with Crippen LogP contribution in [0.25, 0.3) is 5.65 Å². The van der Waals surface area contributed by atoms with Crippen molar-refractivity contribution in [2.45, 2.75) is 32.3 Å². The molecular weight excluding hydrogens is 476 g/mol. The van der Waals surface area contributed by atoms with E-state index in [1.807, 2.05) is 16.8 Å². The number of aliphatic hydroxyl groups excluding tert-OH is 1. The first-order valence-corrected chi connectivity index (χ1v) is 12.8. The van der Waals surface area contributed by atoms with E-state index in [0.717, 1.165) is 67.7 Å². The molecule has 2 aliphatic heterocycles. The van der Waals surface area contributed by atoms with Crippen LogP contribution in [0.2, 0.25) is 0 Å². The molecule has 196 valence electrons. The highest BCUT2D eigenvalue weighted by molar-refractivity contribution is 5.85. The molecule has 2 atom stereocenters. The molecule has 2 aliphatic rings. The summed E-state index contributed by atoms with van der Waals surface area (Å²) in [6.45, 7) is 10.9. The molecule has 0 amide bonds. The summed E-state index contributed by atoms with van der Waals surface area (Å²) in [5.74, 6) is 2.18. The Morgan fingerprint density at radius 2 is 1.89 bits per heavy atom. The Bertz CT molecular complexity index is 1130. The van der Waals surface area contributed by atoms with Gasteiger partial charge in [0, 0.05) is 68.2 Å². The number of hydrogen-bond acceptors (Lipinski definition) is 8. The van der Waals surface area contributed by atoms with Crippen LogP contribution in [0, 0.1) is 5.92 Å². The van der Waals surface area contributed by atoms with Crippen LogP contribution in [-0.2, 0) is 0 Å². The number of aliphatic hydroxyl groups is 1. The van der Waals surface area contributed by atoms with Crippen molar-refractivity contribution in [3.63, 3.8) is 0 Å². The summed E-state index contributed by atoms with van der Waals surface area (Å²) in [6, 6.07) is 10.6. The highest BCUT2D eigenvalue weighted by Crippen LogP contribution is 2.27. The molecule has 2 aromatic heterocycles. The van der Waals surface area contributed by atoms with E-state index in [-0.39, 0.29) is 24.4 Å². The first-order chi connectivity index (χ1) is 17.0. The lowest BCUT2D eigenvalue weighted by atomic mass is 9.95. The maximum atomic E-state index is 10.3. The smallest absolute Gasteiger partial charge is 0.163 e. The van der Waals surface area contributed by atoms with E-state index < -0.39 is 0 Å². The molecule has 5 rings (SSSR count). The Balaban J connectivity index is 0.00000304. The molecule has 0 spiro atoms. The largest absolute Gasteiger partial charge is 0.391 e. The molecule has 3 aromatic rings. The summed E-state index contributed by atoms with van der Waals surface area (Å²) in [7, 11) is 2.18. The Labute approximate surface area is 219 Å². The molecule has 0 saturated carbocycles. The van der Waals surface area contributed by atoms with Gasteiger partial charge in [-0.1, -0.05) is 13.8 Å². The van der Waals surface area contributed by atoms with Crippen molar-refractivity contribution in [1.29, 1.82) is 0 Å². The fourth-order valence-electron chi connectivity index (χ4n) is 4.91. The minimum absolute atomic E-state index is 0.